The largest absolute Gasteiger partial charge is 0.386 e. The number of nitrogens with zero attached hydrogens (tertiary/aromatic N) is 5. The van der Waals surface area contributed by atoms with Crippen LogP contribution in [-0.2, 0) is 17.4 Å². The van der Waals surface area contributed by atoms with Crippen LogP contribution in [0.5, 0.6) is 0 Å². The van der Waals surface area contributed by atoms with E-state index in [1.54, 1.807) is 33.2 Å². The van der Waals surface area contributed by atoms with Crippen LogP contribution in [0.25, 0.3) is 33.2 Å². The number of aromatic nitrogens is 5. The van der Waals surface area contributed by atoms with Gasteiger partial charge in [-0.2, -0.15) is 0 Å². The van der Waals surface area contributed by atoms with Crippen molar-refractivity contribution in [3.63, 3.8) is 0 Å². The van der Waals surface area contributed by atoms with Crippen LogP contribution in [0.15, 0.2) is 54.7 Å². The zero-order chi connectivity index (χ0) is 29.1. The van der Waals surface area contributed by atoms with Crippen molar-refractivity contribution in [1.82, 2.24) is 24.5 Å². The first kappa shape index (κ1) is 21.3. The molecule has 0 spiro atoms. The number of rotatable bonds is 5. The first-order chi connectivity index (χ1) is 19.5. The van der Waals surface area contributed by atoms with Crippen molar-refractivity contribution in [3.05, 3.63) is 77.4 Å². The minimum Gasteiger partial charge on any atom is -0.386 e. The van der Waals surface area contributed by atoms with Crippen LogP contribution in [0.2, 0.25) is 0 Å². The van der Waals surface area contributed by atoms with E-state index in [-0.39, 0.29) is 23.2 Å². The molecule has 8 heteroatoms. The van der Waals surface area contributed by atoms with E-state index in [9.17, 15) is 5.11 Å². The Kier molecular flexibility index (Phi) is 5.21. The molecule has 4 heterocycles. The van der Waals surface area contributed by atoms with Crippen LogP contribution in [0.1, 0.15) is 53.7 Å². The van der Waals surface area contributed by atoms with Gasteiger partial charge in [0.05, 0.1) is 39.6 Å². The molecule has 1 saturated heterocycles. The number of halogens is 1. The van der Waals surface area contributed by atoms with Gasteiger partial charge < -0.3 is 14.4 Å². The van der Waals surface area contributed by atoms with E-state index in [0.717, 1.165) is 18.4 Å². The van der Waals surface area contributed by atoms with Crippen molar-refractivity contribution >= 4 is 21.9 Å². The summed E-state index contributed by atoms with van der Waals surface area (Å²) in [6.45, 7) is 1.87. The lowest BCUT2D eigenvalue weighted by atomic mass is 9.86. The van der Waals surface area contributed by atoms with Crippen molar-refractivity contribution in [2.75, 3.05) is 13.2 Å². The lowest BCUT2D eigenvalue weighted by Gasteiger charge is -2.33. The first-order valence-corrected chi connectivity index (χ1v) is 12.8. The molecule has 0 saturated carbocycles. The molecule has 1 aliphatic rings. The van der Waals surface area contributed by atoms with Gasteiger partial charge in [0.2, 0.25) is 0 Å². The van der Waals surface area contributed by atoms with Gasteiger partial charge in [-0.25, -0.2) is 9.07 Å². The lowest BCUT2D eigenvalue weighted by molar-refractivity contribution is 0.0552. The van der Waals surface area contributed by atoms with Crippen LogP contribution < -0.4 is 0 Å². The fraction of sp³-hybridized carbons (Fsp3) is 0.367. The standard InChI is InChI=1S/C30H32FN5O2/c1-18-27(35(4)34-33-18)21-16-24-26(32-17-21)22-10-11-23(30(2,3)37)25(31)29(22)36(24)28(19-8-6-5-7-9-19)20-12-14-38-15-13-20/h5-11,16-17,20,28,37H,12-15H2,1-4H3/t28-/m1/s1/i1D3. The maximum atomic E-state index is 16.6. The second-order valence-electron chi connectivity index (χ2n) is 10.6. The summed E-state index contributed by atoms with van der Waals surface area (Å²) in [4.78, 5) is 4.78. The number of hydrogen-bond donors (Lipinski definition) is 1. The number of benzene rings is 2. The Hall–Kier alpha value is -3.62. The molecule has 0 amide bonds. The van der Waals surface area contributed by atoms with Crippen molar-refractivity contribution in [2.45, 2.75) is 45.2 Å². The van der Waals surface area contributed by atoms with Gasteiger partial charge in [-0.05, 0) is 51.1 Å². The molecule has 7 nitrogen and oxygen atoms in total. The molecule has 0 bridgehead atoms. The summed E-state index contributed by atoms with van der Waals surface area (Å²) in [6.07, 6.45) is 3.17. The molecule has 1 aliphatic heterocycles. The molecule has 0 aliphatic carbocycles. The molecule has 1 fully saturated rings. The van der Waals surface area contributed by atoms with Gasteiger partial charge in [0.25, 0.3) is 0 Å². The van der Waals surface area contributed by atoms with Crippen molar-refractivity contribution in [1.29, 1.82) is 0 Å². The van der Waals surface area contributed by atoms with Crippen LogP contribution in [-0.4, -0.2) is 42.9 Å². The molecule has 38 heavy (non-hydrogen) atoms. The highest BCUT2D eigenvalue weighted by Crippen LogP contribution is 2.43. The highest BCUT2D eigenvalue weighted by molar-refractivity contribution is 6.07. The average Bonchev–Trinajstić information content (AvgIpc) is 3.48. The van der Waals surface area contributed by atoms with Crippen LogP contribution in [0.4, 0.5) is 4.39 Å². The van der Waals surface area contributed by atoms with E-state index in [4.69, 9.17) is 13.8 Å². The Balaban J connectivity index is 1.72. The van der Waals surface area contributed by atoms with Gasteiger partial charge in [0, 0.05) is 47.1 Å². The number of fused-ring (bicyclic) bond motifs is 3. The smallest absolute Gasteiger partial charge is 0.153 e. The summed E-state index contributed by atoms with van der Waals surface area (Å²) < 4.78 is 49.8. The Morgan fingerprint density at radius 2 is 1.92 bits per heavy atom. The fourth-order valence-electron chi connectivity index (χ4n) is 5.84. The Labute approximate surface area is 225 Å². The van der Waals surface area contributed by atoms with Gasteiger partial charge in [0.15, 0.2) is 5.82 Å². The predicted molar refractivity (Wildman–Crippen MR) is 145 cm³/mol. The molecule has 0 radical (unpaired) electrons. The summed E-state index contributed by atoms with van der Waals surface area (Å²) in [5.74, 6) is -0.372. The fourth-order valence-corrected chi connectivity index (χ4v) is 5.84. The molecule has 2 aromatic carbocycles. The molecule has 5 aromatic rings. The lowest BCUT2D eigenvalue weighted by Crippen LogP contribution is -2.27. The first-order valence-electron chi connectivity index (χ1n) is 14.3. The number of hydrogen-bond acceptors (Lipinski definition) is 5. The summed E-state index contributed by atoms with van der Waals surface area (Å²) >= 11 is 0. The minimum atomic E-state index is -2.48. The zero-order valence-electron chi connectivity index (χ0n) is 24.6. The number of aryl methyl sites for hydroxylation is 2. The van der Waals surface area contributed by atoms with E-state index in [2.05, 4.69) is 10.3 Å². The van der Waals surface area contributed by atoms with E-state index in [0.29, 0.717) is 46.4 Å². The Bertz CT molecular complexity index is 1740. The summed E-state index contributed by atoms with van der Waals surface area (Å²) in [7, 11) is 1.64. The predicted octanol–water partition coefficient (Wildman–Crippen LogP) is 5.68. The Morgan fingerprint density at radius 3 is 2.63 bits per heavy atom. The molecule has 196 valence electrons. The molecular formula is C30H32FN5O2. The third-order valence-corrected chi connectivity index (χ3v) is 7.63. The summed E-state index contributed by atoms with van der Waals surface area (Å²) in [6, 6.07) is 15.0. The highest BCUT2D eigenvalue weighted by atomic mass is 19.1. The minimum absolute atomic E-state index is 0.122. The van der Waals surface area contributed by atoms with E-state index in [1.165, 1.54) is 4.68 Å². The molecule has 0 unspecified atom stereocenters. The van der Waals surface area contributed by atoms with Gasteiger partial charge >= 0.3 is 0 Å². The average molecular weight is 517 g/mol. The zero-order valence-corrected chi connectivity index (χ0v) is 21.6. The van der Waals surface area contributed by atoms with E-state index >= 15 is 4.39 Å². The maximum Gasteiger partial charge on any atom is 0.153 e. The van der Waals surface area contributed by atoms with Gasteiger partial charge in [0.1, 0.15) is 0 Å². The quantitative estimate of drug-likeness (QED) is 0.325. The molecule has 1 N–H and O–H groups in total. The third-order valence-electron chi connectivity index (χ3n) is 7.63. The highest BCUT2D eigenvalue weighted by Gasteiger charge is 2.33. The van der Waals surface area contributed by atoms with E-state index < -0.39 is 18.3 Å². The third kappa shape index (κ3) is 3.99. The number of ether oxygens (including phenoxy) is 1. The molecular weight excluding hydrogens is 481 g/mol. The molecule has 3 aromatic heterocycles. The SMILES string of the molecule is [2H]C([2H])([2H])c1nnn(C)c1-c1cnc2c3ccc(C(C)(C)O)c(F)c3n([C@H](c3ccccc3)C3CCOCC3)c2c1. The summed E-state index contributed by atoms with van der Waals surface area (Å²) in [5, 5.41) is 19.4. The number of aliphatic hydroxyl groups is 1. The molecule has 1 atom stereocenters. The van der Waals surface area contributed by atoms with E-state index in [1.807, 2.05) is 47.0 Å². The van der Waals surface area contributed by atoms with Gasteiger partial charge in [-0.15, -0.1) is 5.10 Å². The van der Waals surface area contributed by atoms with Crippen molar-refractivity contribution in [2.24, 2.45) is 13.0 Å². The number of pyridine rings is 1. The van der Waals surface area contributed by atoms with Crippen molar-refractivity contribution < 1.29 is 18.3 Å². The normalized spacial score (nSPS) is 17.4. The van der Waals surface area contributed by atoms with Crippen LogP contribution in [0, 0.1) is 18.6 Å². The van der Waals surface area contributed by atoms with Gasteiger partial charge in [-0.3, -0.25) is 4.98 Å². The van der Waals surface area contributed by atoms with Crippen LogP contribution in [0.3, 0.4) is 0 Å². The second kappa shape index (κ2) is 9.29. The maximum absolute atomic E-state index is 16.6. The van der Waals surface area contributed by atoms with Crippen LogP contribution >= 0.6 is 0 Å². The Morgan fingerprint density at radius 1 is 1.16 bits per heavy atom. The second-order valence-corrected chi connectivity index (χ2v) is 10.6. The van der Waals surface area contributed by atoms with Gasteiger partial charge in [-0.1, -0.05) is 47.7 Å². The monoisotopic (exact) mass is 516 g/mol. The summed E-state index contributed by atoms with van der Waals surface area (Å²) in [5.41, 5.74) is 2.11. The van der Waals surface area contributed by atoms with Crippen molar-refractivity contribution in [3.8, 4) is 11.3 Å². The topological polar surface area (TPSA) is 78.0 Å². The molecule has 6 rings (SSSR count).